The van der Waals surface area contributed by atoms with Crippen LogP contribution in [0.15, 0.2) is 65.1 Å². The Balaban J connectivity index is 1.30. The number of aromatic hydroxyl groups is 1. The summed E-state index contributed by atoms with van der Waals surface area (Å²) in [4.78, 5) is 0. The van der Waals surface area contributed by atoms with Crippen LogP contribution in [0.3, 0.4) is 0 Å². The van der Waals surface area contributed by atoms with Crippen LogP contribution in [-0.4, -0.2) is 44.6 Å². The maximum atomic E-state index is 11.4. The Morgan fingerprint density at radius 2 is 1.81 bits per heavy atom. The topological polar surface area (TPSA) is 121 Å². The Hall–Kier alpha value is -3.27. The van der Waals surface area contributed by atoms with Gasteiger partial charge in [-0.2, -0.15) is 0 Å². The van der Waals surface area contributed by atoms with Crippen molar-refractivity contribution in [3.05, 3.63) is 66.2 Å². The molecule has 0 bridgehead atoms. The van der Waals surface area contributed by atoms with E-state index in [4.69, 9.17) is 9.15 Å². The van der Waals surface area contributed by atoms with E-state index in [1.54, 1.807) is 0 Å². The number of hydrogen-bond acceptors (Lipinski definition) is 7. The average molecular weight is 457 g/mol. The molecule has 0 radical (unpaired) electrons. The number of phenolic OH excluding ortho intramolecular Hbond substituents is 1. The molecule has 0 aliphatic rings. The van der Waals surface area contributed by atoms with Gasteiger partial charge in [-0.1, -0.05) is 24.3 Å². The third-order valence-corrected chi connectivity index (χ3v) is 5.52. The predicted octanol–water partition coefficient (Wildman–Crippen LogP) is 3.37. The molecule has 0 unspecified atom stereocenters. The maximum absolute atomic E-state index is 11.4. The number of fused-ring (bicyclic) bond motifs is 3. The van der Waals surface area contributed by atoms with E-state index in [9.17, 15) is 18.6 Å². The maximum Gasteiger partial charge on any atom is 0.229 e. The number of benzene rings is 3. The summed E-state index contributed by atoms with van der Waals surface area (Å²) < 4.78 is 36.7. The highest BCUT2D eigenvalue weighted by Gasteiger charge is 2.13. The lowest BCUT2D eigenvalue weighted by Gasteiger charge is -2.15. The van der Waals surface area contributed by atoms with Crippen molar-refractivity contribution in [2.45, 2.75) is 6.10 Å². The number of ether oxygens (including phenoxy) is 1. The number of phenols is 1. The van der Waals surface area contributed by atoms with Crippen molar-refractivity contribution in [3.63, 3.8) is 0 Å². The first-order valence-electron chi connectivity index (χ1n) is 10.0. The van der Waals surface area contributed by atoms with Gasteiger partial charge in [-0.25, -0.2) is 8.42 Å². The van der Waals surface area contributed by atoms with Crippen molar-refractivity contribution in [3.8, 4) is 11.5 Å². The number of hydrogen-bond donors (Lipinski definition) is 4. The quantitative estimate of drug-likeness (QED) is 0.225. The van der Waals surface area contributed by atoms with Crippen LogP contribution in [0.5, 0.6) is 11.5 Å². The Morgan fingerprint density at radius 1 is 1.03 bits per heavy atom. The molecule has 1 aromatic heterocycles. The van der Waals surface area contributed by atoms with Gasteiger partial charge in [0.25, 0.3) is 0 Å². The lowest BCUT2D eigenvalue weighted by atomic mass is 10.1. The van der Waals surface area contributed by atoms with Crippen LogP contribution >= 0.6 is 0 Å². The summed E-state index contributed by atoms with van der Waals surface area (Å²) in [5, 5.41) is 25.3. The monoisotopic (exact) mass is 456 g/mol. The van der Waals surface area contributed by atoms with Gasteiger partial charge in [-0.15, -0.1) is 0 Å². The molecule has 9 heteroatoms. The van der Waals surface area contributed by atoms with Gasteiger partial charge < -0.3 is 24.7 Å². The number of nitrogens with one attached hydrogen (secondary N) is 2. The molecule has 0 saturated carbocycles. The molecule has 1 atom stereocenters. The summed E-state index contributed by atoms with van der Waals surface area (Å²) in [5.41, 5.74) is 2.13. The molecule has 4 N–H and O–H groups in total. The van der Waals surface area contributed by atoms with E-state index < -0.39 is 16.1 Å². The molecule has 3 aromatic carbocycles. The van der Waals surface area contributed by atoms with Crippen LogP contribution in [0.1, 0.15) is 11.7 Å². The van der Waals surface area contributed by atoms with Gasteiger partial charge in [-0.05, 0) is 42.0 Å². The number of anilines is 1. The van der Waals surface area contributed by atoms with Crippen molar-refractivity contribution in [2.24, 2.45) is 0 Å². The zero-order valence-corrected chi connectivity index (χ0v) is 18.2. The molecule has 0 spiro atoms. The molecular weight excluding hydrogens is 432 g/mol. The summed E-state index contributed by atoms with van der Waals surface area (Å²) in [6.45, 7) is 1.12. The van der Waals surface area contributed by atoms with Gasteiger partial charge >= 0.3 is 0 Å². The van der Waals surface area contributed by atoms with E-state index in [2.05, 4.69) is 10.0 Å². The SMILES string of the molecule is CS(=O)(=O)Nc1cc([C@@H](O)CNCCOc2ccc3oc4ccccc4c3c2)ccc1O. The van der Waals surface area contributed by atoms with E-state index >= 15 is 0 Å². The highest BCUT2D eigenvalue weighted by atomic mass is 32.2. The number of sulfonamides is 1. The highest BCUT2D eigenvalue weighted by molar-refractivity contribution is 7.92. The van der Waals surface area contributed by atoms with Crippen molar-refractivity contribution in [1.82, 2.24) is 5.32 Å². The van der Waals surface area contributed by atoms with Crippen LogP contribution in [0.25, 0.3) is 21.9 Å². The summed E-state index contributed by atoms with van der Waals surface area (Å²) >= 11 is 0. The van der Waals surface area contributed by atoms with Crippen LogP contribution in [0, 0.1) is 0 Å². The highest BCUT2D eigenvalue weighted by Crippen LogP contribution is 2.31. The van der Waals surface area contributed by atoms with Gasteiger partial charge in [0.05, 0.1) is 18.0 Å². The van der Waals surface area contributed by atoms with E-state index in [0.29, 0.717) is 18.7 Å². The molecule has 0 aliphatic carbocycles. The number of rotatable bonds is 9. The molecule has 168 valence electrons. The molecule has 0 saturated heterocycles. The molecule has 0 amide bonds. The van der Waals surface area contributed by atoms with Gasteiger partial charge in [0.15, 0.2) is 0 Å². The average Bonchev–Trinajstić information content (AvgIpc) is 3.12. The second-order valence-corrected chi connectivity index (χ2v) is 9.22. The molecule has 32 heavy (non-hydrogen) atoms. The minimum Gasteiger partial charge on any atom is -0.506 e. The predicted molar refractivity (Wildman–Crippen MR) is 124 cm³/mol. The zero-order chi connectivity index (χ0) is 22.7. The molecule has 0 fully saturated rings. The lowest BCUT2D eigenvalue weighted by Crippen LogP contribution is -2.26. The largest absolute Gasteiger partial charge is 0.506 e. The van der Waals surface area contributed by atoms with Gasteiger partial charge in [0.2, 0.25) is 10.0 Å². The number of furan rings is 1. The Bertz CT molecular complexity index is 1350. The number of aliphatic hydroxyl groups is 1. The summed E-state index contributed by atoms with van der Waals surface area (Å²) in [7, 11) is -3.54. The summed E-state index contributed by atoms with van der Waals surface area (Å²) in [6, 6.07) is 17.8. The third-order valence-electron chi connectivity index (χ3n) is 4.93. The first-order chi connectivity index (χ1) is 15.3. The first-order valence-corrected chi connectivity index (χ1v) is 11.9. The van der Waals surface area contributed by atoms with Crippen LogP contribution < -0.4 is 14.8 Å². The minimum atomic E-state index is -3.54. The molecular formula is C23H24N2O6S. The van der Waals surface area contributed by atoms with E-state index in [1.165, 1.54) is 18.2 Å². The fourth-order valence-corrected chi connectivity index (χ4v) is 4.00. The number of aliphatic hydroxyl groups excluding tert-OH is 1. The summed E-state index contributed by atoms with van der Waals surface area (Å²) in [6.07, 6.45) is 0.105. The first kappa shape index (κ1) is 21.9. The van der Waals surface area contributed by atoms with E-state index in [1.807, 2.05) is 42.5 Å². The van der Waals surface area contributed by atoms with E-state index in [-0.39, 0.29) is 18.0 Å². The van der Waals surface area contributed by atoms with Crippen molar-refractivity contribution >= 4 is 37.6 Å². The van der Waals surface area contributed by atoms with Gasteiger partial charge in [0, 0.05) is 23.9 Å². The molecule has 8 nitrogen and oxygen atoms in total. The molecule has 4 rings (SSSR count). The van der Waals surface area contributed by atoms with Gasteiger partial charge in [-0.3, -0.25) is 4.72 Å². The van der Waals surface area contributed by atoms with Gasteiger partial charge in [0.1, 0.15) is 29.3 Å². The fraction of sp³-hybridized carbons (Fsp3) is 0.217. The summed E-state index contributed by atoms with van der Waals surface area (Å²) in [5.74, 6) is 0.511. The van der Waals surface area contributed by atoms with E-state index in [0.717, 1.165) is 33.9 Å². The second kappa shape index (κ2) is 9.07. The minimum absolute atomic E-state index is 0.0227. The Kier molecular flexibility index (Phi) is 6.22. The second-order valence-electron chi connectivity index (χ2n) is 7.48. The third kappa shape index (κ3) is 5.13. The number of para-hydroxylation sites is 1. The van der Waals surface area contributed by atoms with Crippen LogP contribution in [0.4, 0.5) is 5.69 Å². The van der Waals surface area contributed by atoms with Crippen LogP contribution in [0.2, 0.25) is 0 Å². The lowest BCUT2D eigenvalue weighted by molar-refractivity contribution is 0.172. The Labute approximate surface area is 185 Å². The smallest absolute Gasteiger partial charge is 0.229 e. The zero-order valence-electron chi connectivity index (χ0n) is 17.4. The van der Waals surface area contributed by atoms with Crippen molar-refractivity contribution < 1.29 is 27.8 Å². The Morgan fingerprint density at radius 3 is 2.62 bits per heavy atom. The molecule has 1 heterocycles. The van der Waals surface area contributed by atoms with Crippen molar-refractivity contribution in [1.29, 1.82) is 0 Å². The molecule has 0 aliphatic heterocycles. The normalized spacial score (nSPS) is 12.8. The standard InChI is InChI=1S/C23H24N2O6S/c1-32(28,29)25-19-12-15(6-8-20(19)26)21(27)14-24-10-11-30-16-7-9-23-18(13-16)17-4-2-3-5-22(17)31-23/h2-9,12-13,21,24-27H,10-11,14H2,1H3/t21-/m0/s1. The van der Waals surface area contributed by atoms with Crippen LogP contribution in [-0.2, 0) is 10.0 Å². The van der Waals surface area contributed by atoms with Crippen molar-refractivity contribution in [2.75, 3.05) is 30.7 Å². The fourth-order valence-electron chi connectivity index (χ4n) is 3.44. The molecule has 4 aromatic rings.